The van der Waals surface area contributed by atoms with Gasteiger partial charge in [0.25, 0.3) is 0 Å². The van der Waals surface area contributed by atoms with Crippen LogP contribution < -0.4 is 4.35 Å². The fourth-order valence-corrected chi connectivity index (χ4v) is 2.34. The van der Waals surface area contributed by atoms with Crippen molar-refractivity contribution in [2.75, 3.05) is 0 Å². The predicted molar refractivity (Wildman–Crippen MR) is 43.6 cm³/mol. The molecule has 0 unspecified atom stereocenters. The van der Waals surface area contributed by atoms with Crippen LogP contribution in [0.4, 0.5) is 0 Å². The summed E-state index contributed by atoms with van der Waals surface area (Å²) in [6.07, 6.45) is 0. The van der Waals surface area contributed by atoms with Gasteiger partial charge >= 0.3 is 60.8 Å². The molecule has 9 heavy (non-hydrogen) atoms. The van der Waals surface area contributed by atoms with Crippen molar-refractivity contribution in [3.63, 3.8) is 0 Å². The first-order valence-corrected chi connectivity index (χ1v) is 7.72. The summed E-state index contributed by atoms with van der Waals surface area (Å²) in [4.78, 5) is 0. The maximum absolute atomic E-state index is 2.35. The van der Waals surface area contributed by atoms with Gasteiger partial charge in [-0.2, -0.15) is 0 Å². The second-order valence-electron chi connectivity index (χ2n) is 2.23. The van der Waals surface area contributed by atoms with Crippen molar-refractivity contribution < 1.29 is 0 Å². The van der Waals surface area contributed by atoms with E-state index in [2.05, 4.69) is 41.8 Å². The van der Waals surface area contributed by atoms with E-state index in [9.17, 15) is 0 Å². The van der Waals surface area contributed by atoms with Crippen LogP contribution in [0, 0.1) is 0 Å². The standard InChI is InChI=1S/C8H11As/c1-9(2)8-6-4-3-5-7-8/h3-7H,1-2H3. The fraction of sp³-hybridized carbons (Fsp3) is 0.250. The Morgan fingerprint density at radius 2 is 1.56 bits per heavy atom. The maximum atomic E-state index is 2.35. The molecule has 0 aliphatic rings. The molecular weight excluding hydrogens is 171 g/mol. The van der Waals surface area contributed by atoms with Gasteiger partial charge < -0.3 is 0 Å². The van der Waals surface area contributed by atoms with Crippen LogP contribution >= 0.6 is 0 Å². The molecule has 0 aromatic heterocycles. The number of rotatable bonds is 1. The van der Waals surface area contributed by atoms with Crippen LogP contribution in [0.15, 0.2) is 30.3 Å². The van der Waals surface area contributed by atoms with Crippen molar-refractivity contribution in [1.82, 2.24) is 0 Å². The van der Waals surface area contributed by atoms with Crippen LogP contribution in [0.1, 0.15) is 0 Å². The van der Waals surface area contributed by atoms with Gasteiger partial charge in [-0.25, -0.2) is 0 Å². The molecule has 0 radical (unpaired) electrons. The van der Waals surface area contributed by atoms with Crippen molar-refractivity contribution >= 4 is 19.0 Å². The van der Waals surface area contributed by atoms with E-state index in [1.807, 2.05) is 0 Å². The second kappa shape index (κ2) is 3.08. The molecule has 48 valence electrons. The van der Waals surface area contributed by atoms with E-state index in [-0.39, 0.29) is 0 Å². The van der Waals surface area contributed by atoms with E-state index >= 15 is 0 Å². The Bertz CT molecular complexity index is 167. The van der Waals surface area contributed by atoms with Gasteiger partial charge in [0.1, 0.15) is 0 Å². The van der Waals surface area contributed by atoms with Gasteiger partial charge in [-0.3, -0.25) is 0 Å². The zero-order chi connectivity index (χ0) is 6.69. The summed E-state index contributed by atoms with van der Waals surface area (Å²) in [6, 6.07) is 10.7. The Kier molecular flexibility index (Phi) is 2.36. The van der Waals surface area contributed by atoms with Crippen LogP contribution in [0.25, 0.3) is 0 Å². The molecule has 0 heterocycles. The van der Waals surface area contributed by atoms with Gasteiger partial charge in [0.05, 0.1) is 0 Å². The zero-order valence-corrected chi connectivity index (χ0v) is 7.71. The first-order valence-electron chi connectivity index (χ1n) is 3.03. The Morgan fingerprint density at radius 1 is 1.00 bits per heavy atom. The van der Waals surface area contributed by atoms with Crippen LogP contribution in [0.3, 0.4) is 0 Å². The van der Waals surface area contributed by atoms with Crippen molar-refractivity contribution in [3.05, 3.63) is 30.3 Å². The average molecular weight is 182 g/mol. The molecule has 1 aromatic rings. The summed E-state index contributed by atoms with van der Waals surface area (Å²) in [7, 11) is 0. The molecule has 0 bridgehead atoms. The number of hydrogen-bond donors (Lipinski definition) is 0. The summed E-state index contributed by atoms with van der Waals surface area (Å²) >= 11 is -0.588. The quantitative estimate of drug-likeness (QED) is 0.579. The summed E-state index contributed by atoms with van der Waals surface area (Å²) < 4.78 is 1.56. The molecule has 0 aliphatic heterocycles. The SMILES string of the molecule is C[As](C)c1ccccc1. The van der Waals surface area contributed by atoms with Crippen LogP contribution in [0.5, 0.6) is 0 Å². The van der Waals surface area contributed by atoms with E-state index in [4.69, 9.17) is 0 Å². The van der Waals surface area contributed by atoms with E-state index < -0.39 is 14.7 Å². The van der Waals surface area contributed by atoms with E-state index in [0.717, 1.165) is 0 Å². The molecule has 0 N–H and O–H groups in total. The molecule has 1 aromatic carbocycles. The van der Waals surface area contributed by atoms with Crippen LogP contribution in [0.2, 0.25) is 11.4 Å². The van der Waals surface area contributed by atoms with Gasteiger partial charge in [0, 0.05) is 0 Å². The third kappa shape index (κ3) is 1.87. The van der Waals surface area contributed by atoms with Gasteiger partial charge in [0.15, 0.2) is 0 Å². The molecule has 0 nitrogen and oxygen atoms in total. The van der Waals surface area contributed by atoms with E-state index in [1.54, 1.807) is 4.35 Å². The van der Waals surface area contributed by atoms with Crippen molar-refractivity contribution in [1.29, 1.82) is 0 Å². The first kappa shape index (κ1) is 6.89. The molecule has 1 heteroatoms. The average Bonchev–Trinajstić information content (AvgIpc) is 1.90. The van der Waals surface area contributed by atoms with Gasteiger partial charge in [-0.05, 0) is 0 Å². The Balaban J connectivity index is 2.85. The minimum atomic E-state index is -0.588. The molecule has 0 spiro atoms. The minimum absolute atomic E-state index is 0.588. The monoisotopic (exact) mass is 182 g/mol. The van der Waals surface area contributed by atoms with Crippen molar-refractivity contribution in [3.8, 4) is 0 Å². The Labute approximate surface area is 61.2 Å². The van der Waals surface area contributed by atoms with Gasteiger partial charge in [-0.1, -0.05) is 0 Å². The van der Waals surface area contributed by atoms with E-state index in [0.29, 0.717) is 0 Å². The second-order valence-corrected chi connectivity index (χ2v) is 7.07. The molecule has 0 amide bonds. The van der Waals surface area contributed by atoms with Gasteiger partial charge in [0.2, 0.25) is 0 Å². The first-order chi connectivity index (χ1) is 4.30. The summed E-state index contributed by atoms with van der Waals surface area (Å²) in [5.74, 6) is 0. The summed E-state index contributed by atoms with van der Waals surface area (Å²) in [5, 5.41) is 0. The van der Waals surface area contributed by atoms with Crippen molar-refractivity contribution in [2.24, 2.45) is 0 Å². The molecule has 0 fully saturated rings. The van der Waals surface area contributed by atoms with Crippen LogP contribution in [-0.4, -0.2) is 14.7 Å². The fourth-order valence-electron chi connectivity index (χ4n) is 0.726. The number of hydrogen-bond acceptors (Lipinski definition) is 0. The normalized spacial score (nSPS) is 10.1. The topological polar surface area (TPSA) is 0 Å². The molecule has 0 aliphatic carbocycles. The molecule has 0 saturated heterocycles. The van der Waals surface area contributed by atoms with E-state index in [1.165, 1.54) is 0 Å². The molecule has 1 rings (SSSR count). The summed E-state index contributed by atoms with van der Waals surface area (Å²) in [6.45, 7) is 0. The van der Waals surface area contributed by atoms with Crippen LogP contribution in [-0.2, 0) is 0 Å². The predicted octanol–water partition coefficient (Wildman–Crippen LogP) is 1.65. The Hall–Kier alpha value is -0.222. The number of benzene rings is 1. The Morgan fingerprint density at radius 3 is 1.89 bits per heavy atom. The third-order valence-corrected chi connectivity index (χ3v) is 4.07. The zero-order valence-electron chi connectivity index (χ0n) is 5.83. The van der Waals surface area contributed by atoms with Gasteiger partial charge in [-0.15, -0.1) is 0 Å². The van der Waals surface area contributed by atoms with Crippen molar-refractivity contribution in [2.45, 2.75) is 11.4 Å². The molecule has 0 atom stereocenters. The third-order valence-electron chi connectivity index (χ3n) is 1.27. The molecular formula is C8H11As. The molecule has 0 saturated carbocycles. The summed E-state index contributed by atoms with van der Waals surface area (Å²) in [5.41, 5.74) is 4.70.